The fourth-order valence-corrected chi connectivity index (χ4v) is 2.97. The first kappa shape index (κ1) is 16.1. The highest BCUT2D eigenvalue weighted by Gasteiger charge is 2.20. The van der Waals surface area contributed by atoms with E-state index in [4.69, 9.17) is 0 Å². The van der Waals surface area contributed by atoms with Crippen LogP contribution in [0.25, 0.3) is 0 Å². The highest BCUT2D eigenvalue weighted by molar-refractivity contribution is 9.10. The number of aryl methyl sites for hydroxylation is 2. The van der Waals surface area contributed by atoms with Gasteiger partial charge in [-0.15, -0.1) is 0 Å². The highest BCUT2D eigenvalue weighted by atomic mass is 79.9. The zero-order valence-electron chi connectivity index (χ0n) is 12.3. The molecule has 1 unspecified atom stereocenters. The van der Waals surface area contributed by atoms with Gasteiger partial charge in [-0.05, 0) is 71.2 Å². The maximum Gasteiger partial charge on any atom is 0.137 e. The van der Waals surface area contributed by atoms with E-state index in [9.17, 15) is 8.78 Å². The maximum atomic E-state index is 14.4. The Balaban J connectivity index is 2.55. The standard InChI is InChI=1S/C17H18BrF2N/c1-4-21-17(12-5-6-14(19)13(18)9-12)16-11(3)7-10(2)8-15(16)20/h5-9,17,21H,4H2,1-3H3. The summed E-state index contributed by atoms with van der Waals surface area (Å²) in [5, 5.41) is 3.28. The first-order valence-corrected chi connectivity index (χ1v) is 7.68. The summed E-state index contributed by atoms with van der Waals surface area (Å²) < 4.78 is 28.2. The van der Waals surface area contributed by atoms with Crippen molar-refractivity contribution < 1.29 is 8.78 Å². The molecule has 21 heavy (non-hydrogen) atoms. The van der Waals surface area contributed by atoms with Gasteiger partial charge >= 0.3 is 0 Å². The van der Waals surface area contributed by atoms with Crippen molar-refractivity contribution in [3.8, 4) is 0 Å². The molecule has 0 spiro atoms. The third kappa shape index (κ3) is 3.50. The van der Waals surface area contributed by atoms with Crippen LogP contribution in [0.3, 0.4) is 0 Å². The van der Waals surface area contributed by atoms with Gasteiger partial charge in [-0.25, -0.2) is 8.78 Å². The van der Waals surface area contributed by atoms with Crippen LogP contribution in [0.5, 0.6) is 0 Å². The molecule has 0 amide bonds. The Morgan fingerprint density at radius 2 is 1.81 bits per heavy atom. The van der Waals surface area contributed by atoms with E-state index in [1.54, 1.807) is 12.1 Å². The topological polar surface area (TPSA) is 12.0 Å². The fraction of sp³-hybridized carbons (Fsp3) is 0.294. The summed E-state index contributed by atoms with van der Waals surface area (Å²) in [6.07, 6.45) is 0. The lowest BCUT2D eigenvalue weighted by Crippen LogP contribution is -2.24. The molecule has 0 aliphatic carbocycles. The van der Waals surface area contributed by atoms with Gasteiger partial charge in [0.2, 0.25) is 0 Å². The van der Waals surface area contributed by atoms with Crippen LogP contribution < -0.4 is 5.32 Å². The molecule has 1 nitrogen and oxygen atoms in total. The van der Waals surface area contributed by atoms with Crippen LogP contribution in [0, 0.1) is 25.5 Å². The van der Waals surface area contributed by atoms with Crippen molar-refractivity contribution >= 4 is 15.9 Å². The Bertz CT molecular complexity index is 632. The van der Waals surface area contributed by atoms with E-state index >= 15 is 0 Å². The number of rotatable bonds is 4. The predicted molar refractivity (Wildman–Crippen MR) is 85.5 cm³/mol. The number of halogens is 3. The molecule has 2 rings (SSSR count). The van der Waals surface area contributed by atoms with Gasteiger partial charge in [-0.2, -0.15) is 0 Å². The molecule has 0 heterocycles. The van der Waals surface area contributed by atoms with Crippen LogP contribution in [0.15, 0.2) is 34.8 Å². The van der Waals surface area contributed by atoms with Gasteiger partial charge in [0.25, 0.3) is 0 Å². The lowest BCUT2D eigenvalue weighted by Gasteiger charge is -2.22. The smallest absolute Gasteiger partial charge is 0.137 e. The Kier molecular flexibility index (Phi) is 5.12. The first-order valence-electron chi connectivity index (χ1n) is 6.89. The third-order valence-electron chi connectivity index (χ3n) is 3.45. The van der Waals surface area contributed by atoms with Gasteiger partial charge in [0, 0.05) is 5.56 Å². The zero-order valence-corrected chi connectivity index (χ0v) is 13.9. The Hall–Kier alpha value is -1.26. The second-order valence-corrected chi connectivity index (χ2v) is 6.00. The summed E-state index contributed by atoms with van der Waals surface area (Å²) >= 11 is 3.19. The van der Waals surface area contributed by atoms with E-state index in [-0.39, 0.29) is 17.7 Å². The van der Waals surface area contributed by atoms with Crippen molar-refractivity contribution in [2.75, 3.05) is 6.54 Å². The van der Waals surface area contributed by atoms with E-state index in [2.05, 4.69) is 21.2 Å². The molecule has 0 aliphatic rings. The third-order valence-corrected chi connectivity index (χ3v) is 4.06. The predicted octanol–water partition coefficient (Wildman–Crippen LogP) is 5.04. The minimum Gasteiger partial charge on any atom is -0.306 e. The molecule has 0 bridgehead atoms. The number of hydrogen-bond acceptors (Lipinski definition) is 1. The largest absolute Gasteiger partial charge is 0.306 e. The first-order chi connectivity index (χ1) is 9.93. The van der Waals surface area contributed by atoms with Crippen molar-refractivity contribution in [3.05, 3.63) is 68.7 Å². The molecule has 1 atom stereocenters. The van der Waals surface area contributed by atoms with E-state index in [1.165, 1.54) is 12.1 Å². The van der Waals surface area contributed by atoms with Crippen LogP contribution in [-0.2, 0) is 0 Å². The molecule has 0 saturated carbocycles. The summed E-state index contributed by atoms with van der Waals surface area (Å²) in [7, 11) is 0. The Labute approximate surface area is 132 Å². The van der Waals surface area contributed by atoms with Crippen LogP contribution in [-0.4, -0.2) is 6.54 Å². The normalized spacial score (nSPS) is 12.5. The summed E-state index contributed by atoms with van der Waals surface area (Å²) in [5.41, 5.74) is 3.22. The molecule has 0 radical (unpaired) electrons. The summed E-state index contributed by atoms with van der Waals surface area (Å²) in [5.74, 6) is -0.561. The van der Waals surface area contributed by atoms with Gasteiger partial charge in [0.05, 0.1) is 10.5 Å². The molecule has 1 N–H and O–H groups in total. The molecular weight excluding hydrogens is 336 g/mol. The molecule has 0 aliphatic heterocycles. The summed E-state index contributed by atoms with van der Waals surface area (Å²) in [4.78, 5) is 0. The minimum atomic E-state index is -0.324. The average molecular weight is 354 g/mol. The van der Waals surface area contributed by atoms with Gasteiger partial charge in [-0.3, -0.25) is 0 Å². The van der Waals surface area contributed by atoms with E-state index in [0.717, 1.165) is 16.7 Å². The quantitative estimate of drug-likeness (QED) is 0.811. The van der Waals surface area contributed by atoms with E-state index in [0.29, 0.717) is 16.6 Å². The lowest BCUT2D eigenvalue weighted by molar-refractivity contribution is 0.553. The summed E-state index contributed by atoms with van der Waals surface area (Å²) in [6.45, 7) is 6.42. The second-order valence-electron chi connectivity index (χ2n) is 5.14. The van der Waals surface area contributed by atoms with Crippen molar-refractivity contribution in [2.24, 2.45) is 0 Å². The zero-order chi connectivity index (χ0) is 15.6. The second kappa shape index (κ2) is 6.67. The van der Waals surface area contributed by atoms with Crippen molar-refractivity contribution in [2.45, 2.75) is 26.8 Å². The molecule has 0 fully saturated rings. The molecule has 2 aromatic carbocycles. The van der Waals surface area contributed by atoms with Gasteiger partial charge in [0.15, 0.2) is 0 Å². The van der Waals surface area contributed by atoms with Crippen LogP contribution >= 0.6 is 15.9 Å². The molecule has 2 aromatic rings. The van der Waals surface area contributed by atoms with Crippen LogP contribution in [0.2, 0.25) is 0 Å². The average Bonchev–Trinajstić information content (AvgIpc) is 2.40. The monoisotopic (exact) mass is 353 g/mol. The van der Waals surface area contributed by atoms with Crippen molar-refractivity contribution in [1.82, 2.24) is 5.32 Å². The van der Waals surface area contributed by atoms with Crippen molar-refractivity contribution in [3.63, 3.8) is 0 Å². The number of benzene rings is 2. The molecular formula is C17H18BrF2N. The molecule has 0 saturated heterocycles. The van der Waals surface area contributed by atoms with Crippen LogP contribution in [0.4, 0.5) is 8.78 Å². The Morgan fingerprint density at radius 1 is 1.10 bits per heavy atom. The lowest BCUT2D eigenvalue weighted by atomic mass is 9.93. The fourth-order valence-electron chi connectivity index (χ4n) is 2.58. The molecule has 112 valence electrons. The minimum absolute atomic E-state index is 0.237. The summed E-state index contributed by atoms with van der Waals surface area (Å²) in [6, 6.07) is 7.97. The highest BCUT2D eigenvalue weighted by Crippen LogP contribution is 2.30. The van der Waals surface area contributed by atoms with Gasteiger partial charge in [0.1, 0.15) is 11.6 Å². The van der Waals surface area contributed by atoms with E-state index < -0.39 is 0 Å². The van der Waals surface area contributed by atoms with Gasteiger partial charge < -0.3 is 5.32 Å². The van der Waals surface area contributed by atoms with Crippen molar-refractivity contribution in [1.29, 1.82) is 0 Å². The molecule has 4 heteroatoms. The maximum absolute atomic E-state index is 14.4. The number of nitrogens with one attached hydrogen (secondary N) is 1. The van der Waals surface area contributed by atoms with Crippen LogP contribution in [0.1, 0.15) is 35.2 Å². The number of hydrogen-bond donors (Lipinski definition) is 1. The van der Waals surface area contributed by atoms with E-state index in [1.807, 2.05) is 26.8 Å². The SMILES string of the molecule is CCNC(c1ccc(F)c(Br)c1)c1c(C)cc(C)cc1F. The Morgan fingerprint density at radius 3 is 2.38 bits per heavy atom. The molecule has 0 aromatic heterocycles. The van der Waals surface area contributed by atoms with Gasteiger partial charge in [-0.1, -0.05) is 19.1 Å².